The van der Waals surface area contributed by atoms with Crippen molar-refractivity contribution in [1.82, 2.24) is 9.55 Å². The lowest BCUT2D eigenvalue weighted by atomic mass is 9.95. The highest BCUT2D eigenvalue weighted by molar-refractivity contribution is 7.20. The maximum Gasteiger partial charge on any atom is 0.343 e. The molecule has 1 aromatic carbocycles. The Kier molecular flexibility index (Phi) is 5.58. The van der Waals surface area contributed by atoms with Crippen molar-refractivity contribution in [2.45, 2.75) is 38.1 Å². The summed E-state index contributed by atoms with van der Waals surface area (Å²) in [5, 5.41) is 0.857. The predicted octanol–water partition coefficient (Wildman–Crippen LogP) is 4.48. The van der Waals surface area contributed by atoms with Crippen molar-refractivity contribution in [3.05, 3.63) is 30.1 Å². The number of rotatable bonds is 4. The van der Waals surface area contributed by atoms with Crippen molar-refractivity contribution in [2.75, 3.05) is 44.0 Å². The van der Waals surface area contributed by atoms with Gasteiger partial charge in [0.05, 0.1) is 48.2 Å². The van der Waals surface area contributed by atoms with Crippen molar-refractivity contribution in [3.8, 4) is 10.4 Å². The van der Waals surface area contributed by atoms with Gasteiger partial charge in [-0.1, -0.05) is 25.3 Å². The molecule has 164 valence electrons. The number of esters is 1. The number of nitrogens with zero attached hydrogens (tertiary/aromatic N) is 3. The van der Waals surface area contributed by atoms with Gasteiger partial charge in [-0.25, -0.2) is 9.78 Å². The standard InChI is InChI=1S/C23H28N4O3S/c1-29-23(28)19-20(24)21(31-22(19)26-9-11-30-12-10-26)15-7-8-18-17(13-15)25-14-27(18)16-5-3-2-4-6-16/h7-8,13-14,16H,2-6,9-12,24H2,1H3. The first kappa shape index (κ1) is 20.3. The smallest absolute Gasteiger partial charge is 0.343 e. The van der Waals surface area contributed by atoms with E-state index in [1.807, 2.05) is 6.33 Å². The molecule has 2 aliphatic rings. The number of nitrogen functional groups attached to an aromatic ring is 1. The molecule has 2 fully saturated rings. The second-order valence-corrected chi connectivity index (χ2v) is 9.26. The summed E-state index contributed by atoms with van der Waals surface area (Å²) in [6.07, 6.45) is 8.32. The van der Waals surface area contributed by atoms with Gasteiger partial charge in [0.15, 0.2) is 0 Å². The molecular formula is C23H28N4O3S. The highest BCUT2D eigenvalue weighted by Gasteiger charge is 2.28. The number of hydrogen-bond acceptors (Lipinski definition) is 7. The summed E-state index contributed by atoms with van der Waals surface area (Å²) in [6, 6.07) is 6.85. The van der Waals surface area contributed by atoms with E-state index in [2.05, 4.69) is 32.7 Å². The SMILES string of the molecule is COC(=O)c1c(N2CCOCC2)sc(-c2ccc3c(c2)ncn3C2CCCCC2)c1N. The highest BCUT2D eigenvalue weighted by Crippen LogP contribution is 2.45. The van der Waals surface area contributed by atoms with Gasteiger partial charge in [0, 0.05) is 19.1 Å². The van der Waals surface area contributed by atoms with Gasteiger partial charge in [-0.15, -0.1) is 11.3 Å². The van der Waals surface area contributed by atoms with Crippen LogP contribution in [0.15, 0.2) is 24.5 Å². The third-order valence-electron chi connectivity index (χ3n) is 6.42. The van der Waals surface area contributed by atoms with Gasteiger partial charge in [0.25, 0.3) is 0 Å². The molecule has 31 heavy (non-hydrogen) atoms. The first-order valence-electron chi connectivity index (χ1n) is 11.0. The lowest BCUT2D eigenvalue weighted by Crippen LogP contribution is -2.36. The zero-order valence-electron chi connectivity index (χ0n) is 17.8. The van der Waals surface area contributed by atoms with Crippen LogP contribution in [0.5, 0.6) is 0 Å². The molecule has 8 heteroatoms. The molecule has 1 aliphatic heterocycles. The van der Waals surface area contributed by atoms with Crippen LogP contribution in [0, 0.1) is 0 Å². The van der Waals surface area contributed by atoms with Crippen LogP contribution in [0.25, 0.3) is 21.5 Å². The normalized spacial score (nSPS) is 17.9. The fraction of sp³-hybridized carbons (Fsp3) is 0.478. The Morgan fingerprint density at radius 2 is 2.00 bits per heavy atom. The van der Waals surface area contributed by atoms with E-state index >= 15 is 0 Å². The van der Waals surface area contributed by atoms with Gasteiger partial charge >= 0.3 is 5.97 Å². The van der Waals surface area contributed by atoms with E-state index < -0.39 is 5.97 Å². The van der Waals surface area contributed by atoms with Crippen LogP contribution in [0.2, 0.25) is 0 Å². The van der Waals surface area contributed by atoms with E-state index in [4.69, 9.17) is 15.2 Å². The van der Waals surface area contributed by atoms with Crippen LogP contribution >= 0.6 is 11.3 Å². The van der Waals surface area contributed by atoms with E-state index in [1.54, 1.807) is 11.3 Å². The number of ether oxygens (including phenoxy) is 2. The Morgan fingerprint density at radius 1 is 1.23 bits per heavy atom. The molecule has 0 amide bonds. The molecular weight excluding hydrogens is 412 g/mol. The number of benzene rings is 1. The zero-order valence-corrected chi connectivity index (χ0v) is 18.6. The van der Waals surface area contributed by atoms with Crippen molar-refractivity contribution in [1.29, 1.82) is 0 Å². The second-order valence-electron chi connectivity index (χ2n) is 8.26. The van der Waals surface area contributed by atoms with E-state index in [1.165, 1.54) is 39.2 Å². The number of carbonyl (C=O) groups excluding carboxylic acids is 1. The topological polar surface area (TPSA) is 82.6 Å². The molecule has 5 rings (SSSR count). The summed E-state index contributed by atoms with van der Waals surface area (Å²) in [6.45, 7) is 2.74. The molecule has 0 unspecified atom stereocenters. The molecule has 2 N–H and O–H groups in total. The van der Waals surface area contributed by atoms with E-state index in [0.29, 0.717) is 30.5 Å². The second kappa shape index (κ2) is 8.51. The molecule has 0 atom stereocenters. The Bertz CT molecular complexity index is 1090. The number of imidazole rings is 1. The van der Waals surface area contributed by atoms with E-state index in [-0.39, 0.29) is 0 Å². The maximum atomic E-state index is 12.6. The lowest BCUT2D eigenvalue weighted by molar-refractivity contribution is 0.0602. The fourth-order valence-electron chi connectivity index (χ4n) is 4.76. The van der Waals surface area contributed by atoms with E-state index in [0.717, 1.165) is 39.6 Å². The number of morpholine rings is 1. The number of fused-ring (bicyclic) bond motifs is 1. The minimum Gasteiger partial charge on any atom is -0.465 e. The monoisotopic (exact) mass is 440 g/mol. The number of anilines is 2. The molecule has 0 radical (unpaired) electrons. The van der Waals surface area contributed by atoms with Gasteiger partial charge in [0.1, 0.15) is 10.6 Å². The molecule has 1 saturated heterocycles. The average Bonchev–Trinajstić information content (AvgIpc) is 3.40. The Labute approximate surface area is 185 Å². The van der Waals surface area contributed by atoms with Crippen LogP contribution in [-0.2, 0) is 9.47 Å². The minimum atomic E-state index is -0.399. The van der Waals surface area contributed by atoms with Gasteiger partial charge in [0.2, 0.25) is 0 Å². The Hall–Kier alpha value is -2.58. The van der Waals surface area contributed by atoms with Crippen molar-refractivity contribution in [3.63, 3.8) is 0 Å². The van der Waals surface area contributed by atoms with Gasteiger partial charge < -0.3 is 24.7 Å². The predicted molar refractivity (Wildman–Crippen MR) is 124 cm³/mol. The molecule has 0 bridgehead atoms. The summed E-state index contributed by atoms with van der Waals surface area (Å²) in [5.74, 6) is -0.399. The Balaban J connectivity index is 1.54. The summed E-state index contributed by atoms with van der Waals surface area (Å²) in [7, 11) is 1.40. The first-order valence-corrected chi connectivity index (χ1v) is 11.8. The van der Waals surface area contributed by atoms with Crippen LogP contribution in [0.3, 0.4) is 0 Å². The van der Waals surface area contributed by atoms with Crippen LogP contribution in [0.4, 0.5) is 10.7 Å². The number of methoxy groups -OCH3 is 1. The molecule has 2 aromatic heterocycles. The van der Waals surface area contributed by atoms with Crippen LogP contribution in [-0.4, -0.2) is 48.9 Å². The van der Waals surface area contributed by atoms with Crippen LogP contribution in [0.1, 0.15) is 48.5 Å². The molecule has 1 saturated carbocycles. The van der Waals surface area contributed by atoms with Gasteiger partial charge in [-0.2, -0.15) is 0 Å². The molecule has 3 aromatic rings. The first-order chi connectivity index (χ1) is 15.2. The average molecular weight is 441 g/mol. The highest BCUT2D eigenvalue weighted by atomic mass is 32.1. The fourth-order valence-corrected chi connectivity index (χ4v) is 6.01. The maximum absolute atomic E-state index is 12.6. The number of hydrogen-bond donors (Lipinski definition) is 1. The molecule has 0 spiro atoms. The van der Waals surface area contributed by atoms with E-state index in [9.17, 15) is 4.79 Å². The van der Waals surface area contributed by atoms with Gasteiger partial charge in [-0.05, 0) is 30.5 Å². The number of nitrogens with two attached hydrogens (primary N) is 1. The minimum absolute atomic E-state index is 0.399. The van der Waals surface area contributed by atoms with Crippen molar-refractivity contribution < 1.29 is 14.3 Å². The number of aromatic nitrogens is 2. The van der Waals surface area contributed by atoms with Crippen molar-refractivity contribution >= 4 is 39.0 Å². The Morgan fingerprint density at radius 3 is 2.74 bits per heavy atom. The molecule has 1 aliphatic carbocycles. The third-order valence-corrected chi connectivity index (χ3v) is 7.73. The number of carbonyl (C=O) groups is 1. The number of thiophene rings is 1. The largest absolute Gasteiger partial charge is 0.465 e. The molecule has 3 heterocycles. The summed E-state index contributed by atoms with van der Waals surface area (Å²) in [5.41, 5.74) is 10.5. The van der Waals surface area contributed by atoms with Crippen molar-refractivity contribution in [2.24, 2.45) is 0 Å². The third kappa shape index (κ3) is 3.68. The quantitative estimate of drug-likeness (QED) is 0.603. The van der Waals surface area contributed by atoms with Gasteiger partial charge in [-0.3, -0.25) is 0 Å². The summed E-state index contributed by atoms with van der Waals surface area (Å²) < 4.78 is 12.9. The van der Waals surface area contributed by atoms with Crippen LogP contribution < -0.4 is 10.6 Å². The summed E-state index contributed by atoms with van der Waals surface area (Å²) >= 11 is 1.54. The summed E-state index contributed by atoms with van der Waals surface area (Å²) in [4.78, 5) is 20.3. The lowest BCUT2D eigenvalue weighted by Gasteiger charge is -2.28. The molecule has 7 nitrogen and oxygen atoms in total. The zero-order chi connectivity index (χ0) is 21.4.